The first-order chi connectivity index (χ1) is 10.1. The first-order valence-corrected chi connectivity index (χ1v) is 8.21. The summed E-state index contributed by atoms with van der Waals surface area (Å²) in [5, 5.41) is 9.72. The first kappa shape index (κ1) is 14.6. The largest absolute Gasteiger partial charge is 0.471 e. The van der Waals surface area contributed by atoms with Crippen molar-refractivity contribution in [2.75, 3.05) is 4.90 Å². The van der Waals surface area contributed by atoms with Crippen LogP contribution in [0, 0.1) is 5.92 Å². The van der Waals surface area contributed by atoms with E-state index in [-0.39, 0.29) is 12.1 Å². The van der Waals surface area contributed by atoms with Crippen molar-refractivity contribution in [3.63, 3.8) is 0 Å². The number of carboxylic acid groups (broad SMARTS) is 1. The quantitative estimate of drug-likeness (QED) is 0.825. The third-order valence-corrected chi connectivity index (χ3v) is 4.91. The smallest absolute Gasteiger partial charge is 0.412 e. The summed E-state index contributed by atoms with van der Waals surface area (Å²) < 4.78 is 6.65. The van der Waals surface area contributed by atoms with Crippen molar-refractivity contribution in [3.8, 4) is 5.88 Å². The van der Waals surface area contributed by atoms with Crippen LogP contribution >= 0.6 is 15.9 Å². The molecule has 1 N–H and O–H groups in total. The van der Waals surface area contributed by atoms with Crippen molar-refractivity contribution in [1.29, 1.82) is 0 Å². The second-order valence-electron chi connectivity index (χ2n) is 5.84. The molecule has 2 unspecified atom stereocenters. The normalized spacial score (nSPS) is 26.1. The molecule has 1 fully saturated rings. The minimum atomic E-state index is -0.929. The van der Waals surface area contributed by atoms with Crippen LogP contribution in [0.25, 0.3) is 0 Å². The molecule has 1 aliphatic heterocycles. The molecule has 1 amide bonds. The fourth-order valence-corrected chi connectivity index (χ4v) is 3.92. The molecule has 3 rings (SSSR count). The lowest BCUT2D eigenvalue weighted by atomic mass is 9.80. The molecule has 6 heteroatoms. The number of aromatic nitrogens is 1. The molecule has 0 saturated heterocycles. The Balaban J connectivity index is 2.01. The van der Waals surface area contributed by atoms with Gasteiger partial charge in [0.15, 0.2) is 0 Å². The molecule has 2 heterocycles. The third kappa shape index (κ3) is 2.73. The van der Waals surface area contributed by atoms with Crippen LogP contribution in [0.1, 0.15) is 39.0 Å². The second kappa shape index (κ2) is 5.83. The molecule has 2 aliphatic rings. The Hall–Kier alpha value is -1.30. The molecule has 1 aromatic rings. The number of rotatable bonds is 1. The Morgan fingerprint density at radius 3 is 2.81 bits per heavy atom. The predicted octanol–water partition coefficient (Wildman–Crippen LogP) is 4.06. The maximum atomic E-state index is 11.9. The van der Waals surface area contributed by atoms with Crippen LogP contribution in [0.2, 0.25) is 0 Å². The molecule has 0 radical (unpaired) electrons. The molecule has 0 spiro atoms. The van der Waals surface area contributed by atoms with E-state index in [4.69, 9.17) is 4.74 Å². The lowest BCUT2D eigenvalue weighted by molar-refractivity contribution is 0.109. The number of amides is 1. The van der Waals surface area contributed by atoms with E-state index in [1.165, 1.54) is 24.2 Å². The van der Waals surface area contributed by atoms with Crippen LogP contribution in [-0.2, 0) is 0 Å². The van der Waals surface area contributed by atoms with E-state index in [9.17, 15) is 9.90 Å². The van der Waals surface area contributed by atoms with Gasteiger partial charge in [0.25, 0.3) is 0 Å². The lowest BCUT2D eigenvalue weighted by Gasteiger charge is -2.43. The zero-order valence-corrected chi connectivity index (χ0v) is 13.5. The van der Waals surface area contributed by atoms with Crippen molar-refractivity contribution in [3.05, 3.63) is 16.7 Å². The number of fused-ring (bicyclic) bond motifs is 1. The number of hydrogen-bond acceptors (Lipinski definition) is 3. The van der Waals surface area contributed by atoms with Crippen molar-refractivity contribution < 1.29 is 14.6 Å². The zero-order chi connectivity index (χ0) is 15.0. The standard InChI is InChI=1S/C15H19BrN2O3/c1-9-13(10-5-3-2-4-6-10)18(15(19)20)12-7-11(16)8-17-14(12)21-9/h7-10,13H,2-6H2,1H3,(H,19,20). The van der Waals surface area contributed by atoms with Gasteiger partial charge in [-0.3, -0.25) is 4.90 Å². The minimum absolute atomic E-state index is 0.133. The van der Waals surface area contributed by atoms with Crippen LogP contribution in [0.3, 0.4) is 0 Å². The third-order valence-electron chi connectivity index (χ3n) is 4.47. The van der Waals surface area contributed by atoms with Gasteiger partial charge in [0, 0.05) is 10.7 Å². The average Bonchev–Trinajstić information content (AvgIpc) is 2.47. The van der Waals surface area contributed by atoms with Crippen molar-refractivity contribution >= 4 is 27.7 Å². The van der Waals surface area contributed by atoms with E-state index in [1.807, 2.05) is 6.92 Å². The molecule has 1 aromatic heterocycles. The Kier molecular flexibility index (Phi) is 4.06. The fourth-order valence-electron chi connectivity index (χ4n) is 3.60. The Labute approximate surface area is 132 Å². The molecule has 1 saturated carbocycles. The number of carbonyl (C=O) groups is 1. The van der Waals surface area contributed by atoms with Gasteiger partial charge in [0.2, 0.25) is 5.88 Å². The monoisotopic (exact) mass is 354 g/mol. The van der Waals surface area contributed by atoms with E-state index >= 15 is 0 Å². The number of nitrogens with zero attached hydrogens (tertiary/aromatic N) is 2. The summed E-state index contributed by atoms with van der Waals surface area (Å²) in [6, 6.07) is 1.64. The molecule has 114 valence electrons. The maximum absolute atomic E-state index is 11.9. The summed E-state index contributed by atoms with van der Waals surface area (Å²) in [6.07, 6.45) is 6.25. The van der Waals surface area contributed by atoms with Gasteiger partial charge in [0.05, 0.1) is 6.04 Å². The summed E-state index contributed by atoms with van der Waals surface area (Å²) in [4.78, 5) is 17.5. The van der Waals surface area contributed by atoms with Crippen LogP contribution in [-0.4, -0.2) is 28.3 Å². The van der Waals surface area contributed by atoms with Gasteiger partial charge in [-0.2, -0.15) is 0 Å². The van der Waals surface area contributed by atoms with E-state index in [2.05, 4.69) is 20.9 Å². The number of hydrogen-bond donors (Lipinski definition) is 1. The number of ether oxygens (including phenoxy) is 1. The highest BCUT2D eigenvalue weighted by Gasteiger charge is 2.42. The van der Waals surface area contributed by atoms with Gasteiger partial charge in [-0.05, 0) is 47.7 Å². The minimum Gasteiger partial charge on any atom is -0.471 e. The summed E-state index contributed by atoms with van der Waals surface area (Å²) in [5.41, 5.74) is 0.547. The average molecular weight is 355 g/mol. The summed E-state index contributed by atoms with van der Waals surface area (Å²) in [5.74, 6) is 0.761. The lowest BCUT2D eigenvalue weighted by Crippen LogP contribution is -2.55. The highest BCUT2D eigenvalue weighted by molar-refractivity contribution is 9.10. The molecule has 21 heavy (non-hydrogen) atoms. The van der Waals surface area contributed by atoms with Gasteiger partial charge in [-0.1, -0.05) is 19.3 Å². The van der Waals surface area contributed by atoms with Crippen molar-refractivity contribution in [1.82, 2.24) is 4.98 Å². The topological polar surface area (TPSA) is 62.7 Å². The highest BCUT2D eigenvalue weighted by Crippen LogP contribution is 2.41. The summed E-state index contributed by atoms with van der Waals surface area (Å²) >= 11 is 3.36. The van der Waals surface area contributed by atoms with E-state index in [0.29, 0.717) is 17.5 Å². The Bertz CT molecular complexity index is 546. The molecule has 0 bridgehead atoms. The molecule has 5 nitrogen and oxygen atoms in total. The predicted molar refractivity (Wildman–Crippen MR) is 82.9 cm³/mol. The molecule has 1 aliphatic carbocycles. The number of anilines is 1. The van der Waals surface area contributed by atoms with Gasteiger partial charge in [-0.15, -0.1) is 0 Å². The van der Waals surface area contributed by atoms with Crippen LogP contribution in [0.15, 0.2) is 16.7 Å². The number of halogens is 1. The maximum Gasteiger partial charge on any atom is 0.412 e. The molecular weight excluding hydrogens is 336 g/mol. The van der Waals surface area contributed by atoms with E-state index < -0.39 is 6.09 Å². The van der Waals surface area contributed by atoms with Crippen molar-refractivity contribution in [2.24, 2.45) is 5.92 Å². The second-order valence-corrected chi connectivity index (χ2v) is 6.76. The van der Waals surface area contributed by atoms with Crippen LogP contribution in [0.5, 0.6) is 5.88 Å². The highest BCUT2D eigenvalue weighted by atomic mass is 79.9. The zero-order valence-electron chi connectivity index (χ0n) is 12.0. The van der Waals surface area contributed by atoms with E-state index in [1.54, 1.807) is 12.3 Å². The van der Waals surface area contributed by atoms with Crippen LogP contribution in [0.4, 0.5) is 10.5 Å². The first-order valence-electron chi connectivity index (χ1n) is 7.42. The fraction of sp³-hybridized carbons (Fsp3) is 0.600. The van der Waals surface area contributed by atoms with Gasteiger partial charge in [0.1, 0.15) is 11.8 Å². The number of pyridine rings is 1. The summed E-state index contributed by atoms with van der Waals surface area (Å²) in [6.45, 7) is 1.95. The van der Waals surface area contributed by atoms with Gasteiger partial charge >= 0.3 is 6.09 Å². The van der Waals surface area contributed by atoms with Gasteiger partial charge < -0.3 is 9.84 Å². The van der Waals surface area contributed by atoms with Gasteiger partial charge in [-0.25, -0.2) is 9.78 Å². The molecule has 2 atom stereocenters. The summed E-state index contributed by atoms with van der Waals surface area (Å²) in [7, 11) is 0. The van der Waals surface area contributed by atoms with Crippen LogP contribution < -0.4 is 9.64 Å². The SMILES string of the molecule is CC1Oc2ncc(Br)cc2N(C(=O)O)C1C1CCCCC1. The Morgan fingerprint density at radius 2 is 2.14 bits per heavy atom. The molecule has 0 aromatic carbocycles. The molecular formula is C15H19BrN2O3. The Morgan fingerprint density at radius 1 is 1.43 bits per heavy atom. The van der Waals surface area contributed by atoms with Crippen molar-refractivity contribution in [2.45, 2.75) is 51.2 Å². The van der Waals surface area contributed by atoms with E-state index in [0.717, 1.165) is 17.3 Å².